The van der Waals surface area contributed by atoms with Crippen molar-refractivity contribution >= 4 is 35.0 Å². The van der Waals surface area contributed by atoms with E-state index in [0.717, 1.165) is 12.8 Å². The first-order valence-electron chi connectivity index (χ1n) is 7.31. The van der Waals surface area contributed by atoms with Gasteiger partial charge in [0.05, 0.1) is 22.4 Å². The third-order valence-corrected chi connectivity index (χ3v) is 4.42. The maximum atomic E-state index is 14.0. The molecule has 3 rings (SSSR count). The maximum absolute atomic E-state index is 14.0. The quantitative estimate of drug-likeness (QED) is 0.843. The molecular weight excluding hydrogens is 340 g/mol. The summed E-state index contributed by atoms with van der Waals surface area (Å²) in [5.74, 6) is 0.618. The number of hydrogen-bond acceptors (Lipinski definition) is 5. The van der Waals surface area contributed by atoms with E-state index in [1.54, 1.807) is 12.4 Å². The molecule has 0 N–H and O–H groups in total. The fourth-order valence-corrected chi connectivity index (χ4v) is 3.00. The summed E-state index contributed by atoms with van der Waals surface area (Å²) in [6, 6.07) is 1.59. The highest BCUT2D eigenvalue weighted by Gasteiger charge is 2.26. The van der Waals surface area contributed by atoms with Crippen LogP contribution in [0.1, 0.15) is 12.8 Å². The number of piperidine rings is 1. The number of aromatic nitrogens is 3. The Balaban J connectivity index is 1.65. The molecule has 8 heteroatoms. The van der Waals surface area contributed by atoms with E-state index < -0.39 is 0 Å². The van der Waals surface area contributed by atoms with Gasteiger partial charge in [-0.2, -0.15) is 0 Å². The molecule has 2 aromatic rings. The minimum atomic E-state index is -0.384. The van der Waals surface area contributed by atoms with Crippen LogP contribution in [-0.4, -0.2) is 41.1 Å². The molecule has 0 saturated carbocycles. The molecular formula is C15H16Cl2FN5. The van der Waals surface area contributed by atoms with Crippen molar-refractivity contribution in [2.24, 2.45) is 0 Å². The molecule has 1 aliphatic rings. The number of pyridine rings is 1. The maximum Gasteiger partial charge on any atom is 0.225 e. The normalized spacial score (nSPS) is 15.7. The molecule has 1 aliphatic heterocycles. The van der Waals surface area contributed by atoms with Gasteiger partial charge in [-0.1, -0.05) is 23.2 Å². The van der Waals surface area contributed by atoms with Crippen molar-refractivity contribution in [1.29, 1.82) is 0 Å². The zero-order valence-electron chi connectivity index (χ0n) is 12.6. The van der Waals surface area contributed by atoms with Crippen molar-refractivity contribution in [1.82, 2.24) is 15.0 Å². The van der Waals surface area contributed by atoms with Crippen LogP contribution in [0, 0.1) is 5.82 Å². The van der Waals surface area contributed by atoms with Crippen molar-refractivity contribution in [2.75, 3.05) is 29.9 Å². The lowest BCUT2D eigenvalue weighted by Gasteiger charge is -2.37. The van der Waals surface area contributed by atoms with Gasteiger partial charge in [-0.15, -0.1) is 0 Å². The molecule has 0 unspecified atom stereocenters. The Hall–Kier alpha value is -1.66. The minimum absolute atomic E-state index is 0.294. The van der Waals surface area contributed by atoms with Gasteiger partial charge in [0.15, 0.2) is 11.6 Å². The number of rotatable bonds is 3. The van der Waals surface area contributed by atoms with E-state index in [0.29, 0.717) is 40.9 Å². The Morgan fingerprint density at radius 1 is 1.09 bits per heavy atom. The van der Waals surface area contributed by atoms with E-state index >= 15 is 0 Å². The molecule has 0 spiro atoms. The third kappa shape index (κ3) is 3.64. The van der Waals surface area contributed by atoms with Gasteiger partial charge < -0.3 is 9.80 Å². The van der Waals surface area contributed by atoms with Crippen molar-refractivity contribution < 1.29 is 4.39 Å². The molecule has 0 amide bonds. The van der Waals surface area contributed by atoms with Gasteiger partial charge in [0.25, 0.3) is 0 Å². The summed E-state index contributed by atoms with van der Waals surface area (Å²) in [6.45, 7) is 1.43. The van der Waals surface area contributed by atoms with Crippen molar-refractivity contribution in [3.8, 4) is 0 Å². The lowest BCUT2D eigenvalue weighted by Crippen LogP contribution is -2.44. The van der Waals surface area contributed by atoms with Gasteiger partial charge in [-0.25, -0.2) is 19.3 Å². The van der Waals surface area contributed by atoms with Gasteiger partial charge >= 0.3 is 0 Å². The Bertz CT molecular complexity index is 674. The second-order valence-corrected chi connectivity index (χ2v) is 6.36. The molecule has 0 aliphatic carbocycles. The predicted molar refractivity (Wildman–Crippen MR) is 89.9 cm³/mol. The largest absolute Gasteiger partial charge is 0.354 e. The van der Waals surface area contributed by atoms with Crippen LogP contribution in [0.25, 0.3) is 0 Å². The van der Waals surface area contributed by atoms with Gasteiger partial charge in [-0.05, 0) is 18.9 Å². The second-order valence-electron chi connectivity index (χ2n) is 5.49. The predicted octanol–water partition coefficient (Wildman–Crippen LogP) is 3.42. The third-order valence-electron chi connectivity index (χ3n) is 4.02. The van der Waals surface area contributed by atoms with Crippen molar-refractivity contribution in [3.63, 3.8) is 0 Å². The molecule has 0 radical (unpaired) electrons. The molecule has 3 heterocycles. The first kappa shape index (κ1) is 16.2. The molecule has 2 aromatic heterocycles. The zero-order valence-corrected chi connectivity index (χ0v) is 14.1. The molecule has 0 bridgehead atoms. The van der Waals surface area contributed by atoms with Crippen LogP contribution in [0.2, 0.25) is 10.0 Å². The SMILES string of the molecule is CN(c1ncc(Cl)cn1)C1CCN(c2ncc(Cl)cc2F)CC1. The number of hydrogen-bond donors (Lipinski definition) is 0. The zero-order chi connectivity index (χ0) is 16.4. The second kappa shape index (κ2) is 6.84. The lowest BCUT2D eigenvalue weighted by molar-refractivity contribution is 0.469. The summed E-state index contributed by atoms with van der Waals surface area (Å²) in [5, 5.41) is 0.821. The fourth-order valence-electron chi connectivity index (χ4n) is 2.76. The highest BCUT2D eigenvalue weighted by molar-refractivity contribution is 6.30. The topological polar surface area (TPSA) is 45.2 Å². The first-order chi connectivity index (χ1) is 11.0. The molecule has 23 heavy (non-hydrogen) atoms. The highest BCUT2D eigenvalue weighted by atomic mass is 35.5. The van der Waals surface area contributed by atoms with Crippen LogP contribution >= 0.6 is 23.2 Å². The van der Waals surface area contributed by atoms with Gasteiger partial charge in [-0.3, -0.25) is 0 Å². The molecule has 122 valence electrons. The van der Waals surface area contributed by atoms with Gasteiger partial charge in [0, 0.05) is 32.4 Å². The van der Waals surface area contributed by atoms with Crippen LogP contribution in [0.3, 0.4) is 0 Å². The van der Waals surface area contributed by atoms with E-state index in [2.05, 4.69) is 15.0 Å². The summed E-state index contributed by atoms with van der Waals surface area (Å²) < 4.78 is 14.0. The highest BCUT2D eigenvalue weighted by Crippen LogP contribution is 2.25. The average Bonchev–Trinajstić information content (AvgIpc) is 2.55. The number of halogens is 3. The summed E-state index contributed by atoms with van der Waals surface area (Å²) in [6.07, 6.45) is 6.38. The molecule has 1 fully saturated rings. The Labute approximate surface area is 144 Å². The minimum Gasteiger partial charge on any atom is -0.354 e. The average molecular weight is 356 g/mol. The lowest BCUT2D eigenvalue weighted by atomic mass is 10.0. The summed E-state index contributed by atoms with van der Waals surface area (Å²) in [7, 11) is 1.96. The molecule has 0 atom stereocenters. The summed E-state index contributed by atoms with van der Waals surface area (Å²) in [5.41, 5.74) is 0. The van der Waals surface area contributed by atoms with Gasteiger partial charge in [0.2, 0.25) is 5.95 Å². The van der Waals surface area contributed by atoms with E-state index in [9.17, 15) is 4.39 Å². The fraction of sp³-hybridized carbons (Fsp3) is 0.400. The monoisotopic (exact) mass is 355 g/mol. The van der Waals surface area contributed by atoms with Gasteiger partial charge in [0.1, 0.15) is 0 Å². The Kier molecular flexibility index (Phi) is 4.82. The van der Waals surface area contributed by atoms with Crippen molar-refractivity contribution in [3.05, 3.63) is 40.5 Å². The smallest absolute Gasteiger partial charge is 0.225 e. The van der Waals surface area contributed by atoms with Crippen LogP contribution in [0.15, 0.2) is 24.7 Å². The Morgan fingerprint density at radius 2 is 1.70 bits per heavy atom. The Morgan fingerprint density at radius 3 is 2.30 bits per heavy atom. The summed E-state index contributed by atoms with van der Waals surface area (Å²) >= 11 is 11.6. The van der Waals surface area contributed by atoms with E-state index in [1.165, 1.54) is 12.3 Å². The number of nitrogens with zero attached hydrogens (tertiary/aromatic N) is 5. The summed E-state index contributed by atoms with van der Waals surface area (Å²) in [4.78, 5) is 16.6. The molecule has 0 aromatic carbocycles. The van der Waals surface area contributed by atoms with Crippen molar-refractivity contribution in [2.45, 2.75) is 18.9 Å². The van der Waals surface area contributed by atoms with Crippen LogP contribution < -0.4 is 9.80 Å². The van der Waals surface area contributed by atoms with E-state index in [1.807, 2.05) is 16.8 Å². The van der Waals surface area contributed by atoms with E-state index in [4.69, 9.17) is 23.2 Å². The van der Waals surface area contributed by atoms with Crippen LogP contribution in [-0.2, 0) is 0 Å². The first-order valence-corrected chi connectivity index (χ1v) is 8.06. The van der Waals surface area contributed by atoms with Crippen LogP contribution in [0.4, 0.5) is 16.2 Å². The molecule has 5 nitrogen and oxygen atoms in total. The molecule has 1 saturated heterocycles. The van der Waals surface area contributed by atoms with Crippen LogP contribution in [0.5, 0.6) is 0 Å². The number of anilines is 2. The van der Waals surface area contributed by atoms with E-state index in [-0.39, 0.29) is 5.82 Å². The standard InChI is InChI=1S/C15H16Cl2FN5/c1-22(15-20-8-11(17)9-21-15)12-2-4-23(5-3-12)14-13(18)6-10(16)7-19-14/h6-9,12H,2-5H2,1H3.